The molecule has 0 aliphatic carbocycles. The zero-order chi connectivity index (χ0) is 19.7. The number of hydrogen-bond acceptors (Lipinski definition) is 3. The predicted molar refractivity (Wildman–Crippen MR) is 119 cm³/mol. The summed E-state index contributed by atoms with van der Waals surface area (Å²) in [5, 5.41) is 2.67. The molecule has 27 heavy (non-hydrogen) atoms. The van der Waals surface area contributed by atoms with Gasteiger partial charge < -0.3 is 4.57 Å². The summed E-state index contributed by atoms with van der Waals surface area (Å²) < 4.78 is 3.24. The van der Waals surface area contributed by atoms with Gasteiger partial charge in [-0.25, -0.2) is 0 Å². The number of nitrogens with zero attached hydrogens (tertiary/aromatic N) is 2. The Hall–Kier alpha value is -2.26. The van der Waals surface area contributed by atoms with E-state index >= 15 is 0 Å². The third kappa shape index (κ3) is 3.74. The van der Waals surface area contributed by atoms with Crippen LogP contribution in [0.4, 0.5) is 0 Å². The van der Waals surface area contributed by atoms with E-state index in [1.807, 2.05) is 38.1 Å². The van der Waals surface area contributed by atoms with Crippen LogP contribution in [-0.4, -0.2) is 32.9 Å². The molecule has 1 aromatic heterocycles. The summed E-state index contributed by atoms with van der Waals surface area (Å²) in [5.74, 6) is -0.896. The average molecular weight is 491 g/mol. The fraction of sp³-hybridized carbons (Fsp3) is 0.150. The van der Waals surface area contributed by atoms with Crippen LogP contribution in [-0.2, 0) is 9.59 Å². The van der Waals surface area contributed by atoms with Crippen LogP contribution in [0.5, 0.6) is 0 Å². The van der Waals surface area contributed by atoms with Crippen molar-refractivity contribution < 1.29 is 9.59 Å². The Morgan fingerprint density at radius 1 is 1.26 bits per heavy atom. The smallest absolute Gasteiger partial charge is 0.265 e. The fourth-order valence-electron chi connectivity index (χ4n) is 3.09. The molecule has 1 fully saturated rings. The molecule has 138 valence electrons. The van der Waals surface area contributed by atoms with Crippen LogP contribution < -0.4 is 5.32 Å². The van der Waals surface area contributed by atoms with Crippen LogP contribution in [0, 0.1) is 17.4 Å². The minimum atomic E-state index is -0.482. The Morgan fingerprint density at radius 3 is 2.67 bits per heavy atom. The van der Waals surface area contributed by atoms with Gasteiger partial charge in [0.2, 0.25) is 0 Å². The molecule has 1 saturated heterocycles. The number of aryl methyl sites for hydroxylation is 1. The highest BCUT2D eigenvalue weighted by atomic mass is 127. The number of benzene rings is 1. The quantitative estimate of drug-likeness (QED) is 0.234. The molecule has 1 N–H and O–H groups in total. The Kier molecular flexibility index (Phi) is 5.61. The van der Waals surface area contributed by atoms with Gasteiger partial charge in [-0.05, 0) is 84.6 Å². The summed E-state index contributed by atoms with van der Waals surface area (Å²) in [5.41, 5.74) is 3.88. The van der Waals surface area contributed by atoms with Gasteiger partial charge in [0.25, 0.3) is 11.8 Å². The maximum Gasteiger partial charge on any atom is 0.265 e. The van der Waals surface area contributed by atoms with E-state index in [2.05, 4.69) is 45.1 Å². The van der Waals surface area contributed by atoms with Gasteiger partial charge in [0.15, 0.2) is 5.11 Å². The molecule has 2 amide bonds. The summed E-state index contributed by atoms with van der Waals surface area (Å²) in [6.45, 7) is 7.84. The molecular weight excluding hydrogens is 473 g/mol. The van der Waals surface area contributed by atoms with Crippen molar-refractivity contribution >= 4 is 57.8 Å². The zero-order valence-corrected chi connectivity index (χ0v) is 17.9. The van der Waals surface area contributed by atoms with E-state index in [9.17, 15) is 9.59 Å². The highest BCUT2D eigenvalue weighted by molar-refractivity contribution is 14.1. The molecule has 2 aromatic rings. The van der Waals surface area contributed by atoms with E-state index in [0.717, 1.165) is 26.2 Å². The van der Waals surface area contributed by atoms with Crippen LogP contribution in [0.2, 0.25) is 0 Å². The molecule has 0 bridgehead atoms. The van der Waals surface area contributed by atoms with Crippen molar-refractivity contribution in [2.45, 2.75) is 13.8 Å². The molecule has 0 unspecified atom stereocenters. The van der Waals surface area contributed by atoms with Crippen LogP contribution in [0.25, 0.3) is 11.8 Å². The highest BCUT2D eigenvalue weighted by Gasteiger charge is 2.32. The number of nitrogens with one attached hydrogen (secondary N) is 1. The fourth-order valence-corrected chi connectivity index (χ4v) is 3.87. The Labute approximate surface area is 176 Å². The van der Waals surface area contributed by atoms with Gasteiger partial charge in [-0.3, -0.25) is 19.8 Å². The van der Waals surface area contributed by atoms with E-state index in [-0.39, 0.29) is 17.2 Å². The molecule has 7 heteroatoms. The lowest BCUT2D eigenvalue weighted by atomic mass is 10.1. The van der Waals surface area contributed by atoms with Gasteiger partial charge in [-0.2, -0.15) is 0 Å². The van der Waals surface area contributed by atoms with E-state index in [1.54, 1.807) is 12.2 Å². The largest absolute Gasteiger partial charge is 0.318 e. The van der Waals surface area contributed by atoms with Crippen LogP contribution in [0.15, 0.2) is 48.6 Å². The van der Waals surface area contributed by atoms with Crippen molar-refractivity contribution in [3.05, 3.63) is 69.1 Å². The lowest BCUT2D eigenvalue weighted by Crippen LogP contribution is -2.53. The first-order valence-corrected chi connectivity index (χ1v) is 9.77. The zero-order valence-electron chi connectivity index (χ0n) is 15.0. The highest BCUT2D eigenvalue weighted by Crippen LogP contribution is 2.25. The number of amides is 2. The normalized spacial score (nSPS) is 16.0. The second kappa shape index (κ2) is 7.77. The molecule has 0 atom stereocenters. The van der Waals surface area contributed by atoms with E-state index < -0.39 is 11.8 Å². The van der Waals surface area contributed by atoms with E-state index in [4.69, 9.17) is 12.2 Å². The molecule has 0 radical (unpaired) electrons. The van der Waals surface area contributed by atoms with Crippen LogP contribution in [0.1, 0.15) is 17.0 Å². The Morgan fingerprint density at radius 2 is 2.00 bits per heavy atom. The van der Waals surface area contributed by atoms with Gasteiger partial charge in [0.1, 0.15) is 5.57 Å². The van der Waals surface area contributed by atoms with Crippen LogP contribution in [0.3, 0.4) is 0 Å². The topological polar surface area (TPSA) is 54.3 Å². The van der Waals surface area contributed by atoms with Gasteiger partial charge in [0, 0.05) is 27.2 Å². The summed E-state index contributed by atoms with van der Waals surface area (Å²) in [7, 11) is 0. The van der Waals surface area contributed by atoms with Crippen molar-refractivity contribution in [2.75, 3.05) is 6.54 Å². The summed E-state index contributed by atoms with van der Waals surface area (Å²) in [4.78, 5) is 26.4. The molecule has 5 nitrogen and oxygen atoms in total. The summed E-state index contributed by atoms with van der Waals surface area (Å²) in [6.07, 6.45) is 3.20. The van der Waals surface area contributed by atoms with Crippen LogP contribution >= 0.6 is 34.8 Å². The molecule has 1 aromatic carbocycles. The van der Waals surface area contributed by atoms with Crippen molar-refractivity contribution in [2.24, 2.45) is 0 Å². The monoisotopic (exact) mass is 491 g/mol. The average Bonchev–Trinajstić information content (AvgIpc) is 2.89. The number of halogens is 1. The number of carbonyl (C=O) groups is 2. The molecule has 0 spiro atoms. The first-order valence-electron chi connectivity index (χ1n) is 8.28. The second-order valence-corrected chi connectivity index (χ2v) is 7.80. The van der Waals surface area contributed by atoms with E-state index in [0.29, 0.717) is 0 Å². The number of rotatable bonds is 4. The Bertz CT molecular complexity index is 1010. The number of hydrogen-bond donors (Lipinski definition) is 1. The third-order valence-electron chi connectivity index (χ3n) is 4.33. The summed E-state index contributed by atoms with van der Waals surface area (Å²) in [6, 6.07) is 10.1. The first-order chi connectivity index (χ1) is 12.8. The van der Waals surface area contributed by atoms with Crippen molar-refractivity contribution in [1.82, 2.24) is 14.8 Å². The predicted octanol–water partition coefficient (Wildman–Crippen LogP) is 3.51. The first kappa shape index (κ1) is 19.5. The molecule has 1 aliphatic heterocycles. The Balaban J connectivity index is 2.06. The molecule has 3 rings (SSSR count). The maximum atomic E-state index is 12.7. The van der Waals surface area contributed by atoms with Gasteiger partial charge in [0.05, 0.1) is 0 Å². The lowest BCUT2D eigenvalue weighted by molar-refractivity contribution is -0.128. The molecule has 2 heterocycles. The molecule has 1 aliphatic rings. The SMILES string of the molecule is C=CCN1C(=O)/C(=C\c2cc(C)n(-c3cccc(I)c3)c2C)C(=O)NC1=S. The minimum absolute atomic E-state index is 0.0633. The third-order valence-corrected chi connectivity index (χ3v) is 5.33. The van der Waals surface area contributed by atoms with Crippen molar-refractivity contribution in [1.29, 1.82) is 0 Å². The molecule has 0 saturated carbocycles. The second-order valence-electron chi connectivity index (χ2n) is 6.16. The lowest BCUT2D eigenvalue weighted by Gasteiger charge is -2.27. The van der Waals surface area contributed by atoms with E-state index in [1.165, 1.54) is 4.90 Å². The minimum Gasteiger partial charge on any atom is -0.318 e. The maximum absolute atomic E-state index is 12.7. The summed E-state index contributed by atoms with van der Waals surface area (Å²) >= 11 is 7.36. The van der Waals surface area contributed by atoms with Gasteiger partial charge in [-0.1, -0.05) is 12.1 Å². The van der Waals surface area contributed by atoms with Crippen molar-refractivity contribution in [3.8, 4) is 5.69 Å². The molecular formula is C20H18IN3O2S. The number of aromatic nitrogens is 1. The standard InChI is InChI=1S/C20H18IN3O2S/c1-4-8-23-19(26)17(18(25)22-20(23)27)10-14-9-12(2)24(13(14)3)16-7-5-6-15(21)11-16/h4-7,9-11H,1,8H2,2-3H3,(H,22,25,27)/b17-10-. The van der Waals surface area contributed by atoms with Gasteiger partial charge in [-0.15, -0.1) is 6.58 Å². The van der Waals surface area contributed by atoms with Gasteiger partial charge >= 0.3 is 0 Å². The number of carbonyl (C=O) groups excluding carboxylic acids is 2. The number of thiocarbonyl (C=S) groups is 1. The van der Waals surface area contributed by atoms with Crippen molar-refractivity contribution in [3.63, 3.8) is 0 Å².